The molecule has 39 heavy (non-hydrogen) atoms. The molecule has 1 saturated heterocycles. The van der Waals surface area contributed by atoms with Gasteiger partial charge in [0, 0.05) is 36.6 Å². The third-order valence-electron chi connectivity index (χ3n) is 6.01. The summed E-state index contributed by atoms with van der Waals surface area (Å²) in [7, 11) is 0.556. The third-order valence-corrected chi connectivity index (χ3v) is 7.54. The number of carbonyl (C=O) groups is 1. The van der Waals surface area contributed by atoms with E-state index in [1.165, 1.54) is 25.7 Å². The molecule has 0 radical (unpaired) electrons. The van der Waals surface area contributed by atoms with Crippen LogP contribution in [0.3, 0.4) is 0 Å². The van der Waals surface area contributed by atoms with E-state index >= 15 is 0 Å². The molecule has 2 heterocycles. The number of allylic oxidation sites excluding steroid dienone is 2. The van der Waals surface area contributed by atoms with Crippen molar-refractivity contribution in [2.24, 2.45) is 4.99 Å². The van der Waals surface area contributed by atoms with Gasteiger partial charge in [-0.3, -0.25) is 15.1 Å². The smallest absolute Gasteiger partial charge is 0.255 e. The molecule has 0 saturated carbocycles. The van der Waals surface area contributed by atoms with Crippen LogP contribution in [-0.2, 0) is 0 Å². The Hall–Kier alpha value is -2.46. The Morgan fingerprint density at radius 1 is 1.15 bits per heavy atom. The lowest BCUT2D eigenvalue weighted by molar-refractivity contribution is 0.102. The summed E-state index contributed by atoms with van der Waals surface area (Å²) >= 11 is 6.49. The molecule has 2 aliphatic heterocycles. The van der Waals surface area contributed by atoms with Crippen LogP contribution < -0.4 is 15.5 Å². The van der Waals surface area contributed by atoms with Gasteiger partial charge in [-0.05, 0) is 67.9 Å². The summed E-state index contributed by atoms with van der Waals surface area (Å²) in [6, 6.07) is 13.6. The normalized spacial score (nSPS) is 18.7. The van der Waals surface area contributed by atoms with Gasteiger partial charge in [0.15, 0.2) is 0 Å². The molecule has 1 fully saturated rings. The van der Waals surface area contributed by atoms with Gasteiger partial charge in [0.1, 0.15) is 0 Å². The van der Waals surface area contributed by atoms with Crippen molar-refractivity contribution < 1.29 is 4.79 Å². The zero-order chi connectivity index (χ0) is 28.8. The Labute approximate surface area is 243 Å². The second-order valence-corrected chi connectivity index (χ2v) is 11.7. The molecule has 1 amide bonds. The highest BCUT2D eigenvalue weighted by Gasteiger charge is 2.19. The minimum Gasteiger partial charge on any atom is -0.370 e. The predicted octanol–water partition coefficient (Wildman–Crippen LogP) is 9.18. The highest BCUT2D eigenvalue weighted by Crippen LogP contribution is 2.37. The molecule has 2 aromatic rings. The summed E-state index contributed by atoms with van der Waals surface area (Å²) < 4.78 is 0. The van der Waals surface area contributed by atoms with Gasteiger partial charge < -0.3 is 10.2 Å². The second kappa shape index (κ2) is 17.3. The number of hydrogen-bond donors (Lipinski definition) is 2. The molecule has 3 unspecified atom stereocenters. The highest BCUT2D eigenvalue weighted by atomic mass is 35.5. The van der Waals surface area contributed by atoms with Gasteiger partial charge in [-0.25, -0.2) is 0 Å². The largest absolute Gasteiger partial charge is 0.370 e. The lowest BCUT2D eigenvalue weighted by Crippen LogP contribution is -2.30. The molecule has 0 aromatic heterocycles. The Balaban J connectivity index is 0.000000815. The van der Waals surface area contributed by atoms with Gasteiger partial charge in [0.05, 0.1) is 22.2 Å². The molecule has 4 rings (SSSR count). The van der Waals surface area contributed by atoms with Crippen molar-refractivity contribution in [2.75, 3.05) is 23.3 Å². The maximum absolute atomic E-state index is 12.9. The quantitative estimate of drug-likeness (QED) is 0.341. The van der Waals surface area contributed by atoms with E-state index < -0.39 is 0 Å². The predicted molar refractivity (Wildman–Crippen MR) is 174 cm³/mol. The first-order valence-corrected chi connectivity index (χ1v) is 15.6. The summed E-state index contributed by atoms with van der Waals surface area (Å²) in [5.41, 5.74) is 4.38. The van der Waals surface area contributed by atoms with Crippen LogP contribution in [0.25, 0.3) is 0 Å². The van der Waals surface area contributed by atoms with E-state index in [0.717, 1.165) is 41.0 Å². The van der Waals surface area contributed by atoms with Gasteiger partial charge in [0.25, 0.3) is 5.91 Å². The van der Waals surface area contributed by atoms with Gasteiger partial charge in [-0.1, -0.05) is 85.5 Å². The van der Waals surface area contributed by atoms with E-state index in [1.807, 2.05) is 49.5 Å². The van der Waals surface area contributed by atoms with E-state index in [1.54, 1.807) is 6.07 Å². The topological polar surface area (TPSA) is 56.7 Å². The van der Waals surface area contributed by atoms with Crippen LogP contribution in [0, 0.1) is 0 Å². The lowest BCUT2D eigenvalue weighted by atomic mass is 10.1. The van der Waals surface area contributed by atoms with Crippen molar-refractivity contribution in [3.8, 4) is 0 Å². The summed E-state index contributed by atoms with van der Waals surface area (Å²) in [5, 5.41) is 8.30. The minimum absolute atomic E-state index is 0.0972. The zero-order valence-electron chi connectivity index (χ0n) is 24.5. The molecule has 3 atom stereocenters. The molecule has 2 aliphatic rings. The number of benzene rings is 2. The number of nitrogens with one attached hydrogen (secondary N) is 2. The molecule has 0 spiro atoms. The van der Waals surface area contributed by atoms with Gasteiger partial charge >= 0.3 is 0 Å². The van der Waals surface area contributed by atoms with Crippen LogP contribution in [0.4, 0.5) is 11.4 Å². The average molecular weight is 569 g/mol. The number of nitrogens with zero attached hydrogens (tertiary/aromatic N) is 2. The second-order valence-electron chi connectivity index (χ2n) is 9.80. The Kier molecular flexibility index (Phi) is 14.5. The van der Waals surface area contributed by atoms with Crippen molar-refractivity contribution in [1.29, 1.82) is 0 Å². The molecule has 0 bridgehead atoms. The Bertz CT molecular complexity index is 1140. The number of hydrogen-bond acceptors (Lipinski definition) is 4. The fourth-order valence-electron chi connectivity index (χ4n) is 4.18. The molecule has 2 aromatic carbocycles. The summed E-state index contributed by atoms with van der Waals surface area (Å²) in [5.74, 6) is -0.00979. The number of aliphatic imine (C=N–C) groups is 1. The van der Waals surface area contributed by atoms with Gasteiger partial charge in [-0.2, -0.15) is 0 Å². The van der Waals surface area contributed by atoms with E-state index in [9.17, 15) is 4.79 Å². The summed E-state index contributed by atoms with van der Waals surface area (Å²) in [4.78, 5) is 19.6. The summed E-state index contributed by atoms with van der Waals surface area (Å²) in [6.07, 6.45) is 8.81. The van der Waals surface area contributed by atoms with Gasteiger partial charge in [0.2, 0.25) is 0 Å². The van der Waals surface area contributed by atoms with Crippen LogP contribution in [0.5, 0.6) is 0 Å². The maximum atomic E-state index is 12.9. The van der Waals surface area contributed by atoms with E-state index in [0.29, 0.717) is 19.2 Å². The molecular weight excluding hydrogens is 523 g/mol. The van der Waals surface area contributed by atoms with Gasteiger partial charge in [-0.15, -0.1) is 0 Å². The SMILES string of the molecule is C=C1PC(NC(C)c2cccc(NC(=O)c3ccc(N4CCCC4)c(Cl)c3)c2)C=N/C1=C/C.CCC.CCC. The number of anilines is 2. The lowest BCUT2D eigenvalue weighted by Gasteiger charge is -2.25. The van der Waals surface area contributed by atoms with Crippen LogP contribution in [0.1, 0.15) is 89.2 Å². The monoisotopic (exact) mass is 568 g/mol. The first-order valence-electron chi connectivity index (χ1n) is 14.2. The fourth-order valence-corrected chi connectivity index (χ4v) is 5.70. The molecule has 5 nitrogen and oxygen atoms in total. The Morgan fingerprint density at radius 3 is 2.41 bits per heavy atom. The fraction of sp³-hybridized carbons (Fsp3) is 0.438. The third kappa shape index (κ3) is 10.2. The highest BCUT2D eigenvalue weighted by molar-refractivity contribution is 7.45. The maximum Gasteiger partial charge on any atom is 0.255 e. The Morgan fingerprint density at radius 2 is 1.82 bits per heavy atom. The van der Waals surface area contributed by atoms with E-state index in [2.05, 4.69) is 67.8 Å². The van der Waals surface area contributed by atoms with Crippen LogP contribution in [0.15, 0.2) is 71.1 Å². The summed E-state index contributed by atoms with van der Waals surface area (Å²) in [6.45, 7) is 18.8. The van der Waals surface area contributed by atoms with E-state index in [4.69, 9.17) is 11.6 Å². The van der Waals surface area contributed by atoms with Crippen molar-refractivity contribution in [1.82, 2.24) is 5.32 Å². The molecule has 0 aliphatic carbocycles. The molecule has 2 N–H and O–H groups in total. The zero-order valence-corrected chi connectivity index (χ0v) is 26.2. The molecular formula is C32H46ClN4OP. The van der Waals surface area contributed by atoms with Crippen molar-refractivity contribution in [3.05, 3.63) is 82.3 Å². The van der Waals surface area contributed by atoms with E-state index in [-0.39, 0.29) is 17.7 Å². The number of carbonyl (C=O) groups excluding carboxylic acids is 1. The standard InChI is InChI=1S/C26H30ClN4OP.2C3H8/c1-4-23-18(3)33-25(16-28-23)29-17(2)19-8-7-9-21(14-19)30-26(32)20-10-11-24(22(27)15-20)31-12-5-6-13-31;2*1-3-2/h4,7-11,14-17,25,29,33H,3,5-6,12-13H2,1-2H3,(H,30,32);2*3H2,1-2H3/b23-4+;;. The number of rotatable bonds is 6. The first kappa shape index (κ1) is 32.8. The van der Waals surface area contributed by atoms with Crippen molar-refractivity contribution in [3.63, 3.8) is 0 Å². The minimum atomic E-state index is -0.168. The number of amides is 1. The number of halogens is 1. The van der Waals surface area contributed by atoms with Crippen molar-refractivity contribution in [2.45, 2.75) is 79.1 Å². The van der Waals surface area contributed by atoms with Crippen LogP contribution >= 0.6 is 20.2 Å². The first-order chi connectivity index (χ1) is 18.8. The van der Waals surface area contributed by atoms with Crippen LogP contribution in [0.2, 0.25) is 5.02 Å². The molecule has 212 valence electrons. The van der Waals surface area contributed by atoms with Crippen molar-refractivity contribution >= 4 is 43.7 Å². The average Bonchev–Trinajstić information content (AvgIpc) is 3.44. The van der Waals surface area contributed by atoms with Crippen LogP contribution in [-0.4, -0.2) is 31.0 Å². The molecule has 7 heteroatoms.